The molecule has 134 valence electrons. The van der Waals surface area contributed by atoms with E-state index in [1.165, 1.54) is 0 Å². The molecule has 2 aromatic rings. The van der Waals surface area contributed by atoms with E-state index in [2.05, 4.69) is 20.8 Å². The van der Waals surface area contributed by atoms with Crippen molar-refractivity contribution >= 4 is 11.7 Å². The van der Waals surface area contributed by atoms with Crippen LogP contribution < -0.4 is 10.6 Å². The highest BCUT2D eigenvalue weighted by molar-refractivity contribution is 5.90. The molecular weight excluding hydrogens is 320 g/mol. The van der Waals surface area contributed by atoms with Gasteiger partial charge in [0.05, 0.1) is 5.60 Å². The summed E-state index contributed by atoms with van der Waals surface area (Å²) in [6.07, 6.45) is 6.70. The second-order valence-electron chi connectivity index (χ2n) is 6.56. The van der Waals surface area contributed by atoms with Gasteiger partial charge < -0.3 is 20.3 Å². The van der Waals surface area contributed by atoms with E-state index in [-0.39, 0.29) is 12.1 Å². The zero-order valence-corrected chi connectivity index (χ0v) is 14.6. The summed E-state index contributed by atoms with van der Waals surface area (Å²) < 4.78 is 5.12. The van der Waals surface area contributed by atoms with Gasteiger partial charge >= 0.3 is 6.03 Å². The van der Waals surface area contributed by atoms with Crippen LogP contribution in [0.2, 0.25) is 0 Å². The van der Waals surface area contributed by atoms with Crippen molar-refractivity contribution in [3.8, 4) is 0 Å². The quantitative estimate of drug-likeness (QED) is 0.792. The lowest BCUT2D eigenvalue weighted by Crippen LogP contribution is -2.43. The number of carbonyl (C=O) groups excluding carboxylic acids is 1. The molecule has 7 nitrogen and oxygen atoms in total. The van der Waals surface area contributed by atoms with Gasteiger partial charge in [-0.05, 0) is 45.1 Å². The molecule has 3 N–H and O–H groups in total. The Morgan fingerprint density at radius 2 is 2.20 bits per heavy atom. The average molecular weight is 344 g/mol. The molecule has 3 rings (SSSR count). The van der Waals surface area contributed by atoms with E-state index >= 15 is 0 Å². The largest absolute Gasteiger partial charge is 0.385 e. The molecule has 0 spiro atoms. The van der Waals surface area contributed by atoms with Crippen LogP contribution in [0.3, 0.4) is 0 Å². The summed E-state index contributed by atoms with van der Waals surface area (Å²) in [6, 6.07) is 3.49. The minimum Gasteiger partial charge on any atom is -0.385 e. The van der Waals surface area contributed by atoms with Crippen molar-refractivity contribution in [1.82, 2.24) is 15.5 Å². The summed E-state index contributed by atoms with van der Waals surface area (Å²) in [5.74, 6) is 0.599. The number of rotatable bonds is 4. The first kappa shape index (κ1) is 17.4. The second kappa shape index (κ2) is 7.23. The summed E-state index contributed by atoms with van der Waals surface area (Å²) in [5.41, 5.74) is 1.36. The van der Waals surface area contributed by atoms with Crippen LogP contribution in [-0.2, 0) is 12.0 Å². The Balaban J connectivity index is 1.55. The molecule has 2 heterocycles. The number of aliphatic hydroxyl groups is 1. The van der Waals surface area contributed by atoms with Gasteiger partial charge in [-0.1, -0.05) is 18.1 Å². The van der Waals surface area contributed by atoms with Gasteiger partial charge in [0.2, 0.25) is 0 Å². The predicted molar refractivity (Wildman–Crippen MR) is 93.2 cm³/mol. The molecular formula is C18H24N4O3. The zero-order chi connectivity index (χ0) is 17.9. The SMILES string of the molecule is CCc1noc(C)c1NC(=O)NC1CCC(O)(c2cccnc2)CC1. The van der Waals surface area contributed by atoms with E-state index in [9.17, 15) is 9.90 Å². The number of urea groups is 1. The van der Waals surface area contributed by atoms with Gasteiger partial charge in [-0.15, -0.1) is 0 Å². The molecule has 7 heteroatoms. The van der Waals surface area contributed by atoms with E-state index in [1.54, 1.807) is 19.3 Å². The van der Waals surface area contributed by atoms with Crippen molar-refractivity contribution in [2.45, 2.75) is 57.6 Å². The smallest absolute Gasteiger partial charge is 0.319 e. The number of nitrogens with zero attached hydrogens (tertiary/aromatic N) is 2. The Hall–Kier alpha value is -2.41. The standard InChI is InChI=1S/C18H24N4O3/c1-3-15-16(12(2)25-22-15)21-17(23)20-14-6-8-18(24,9-7-14)13-5-4-10-19-11-13/h4-5,10-11,14,24H,3,6-9H2,1-2H3,(H2,20,21,23). The number of aryl methyl sites for hydroxylation is 2. The normalized spacial score (nSPS) is 23.2. The number of hydrogen-bond acceptors (Lipinski definition) is 5. The summed E-state index contributed by atoms with van der Waals surface area (Å²) in [6.45, 7) is 3.73. The molecule has 1 fully saturated rings. The minimum absolute atomic E-state index is 0.0298. The van der Waals surface area contributed by atoms with Crippen molar-refractivity contribution in [2.75, 3.05) is 5.32 Å². The Morgan fingerprint density at radius 1 is 1.44 bits per heavy atom. The van der Waals surface area contributed by atoms with Gasteiger partial charge in [0.15, 0.2) is 5.76 Å². The molecule has 2 amide bonds. The lowest BCUT2D eigenvalue weighted by atomic mass is 9.78. The molecule has 25 heavy (non-hydrogen) atoms. The van der Waals surface area contributed by atoms with Crippen molar-refractivity contribution in [3.63, 3.8) is 0 Å². The van der Waals surface area contributed by atoms with Crippen LogP contribution in [0, 0.1) is 6.92 Å². The number of pyridine rings is 1. The Kier molecular flexibility index (Phi) is 5.03. The van der Waals surface area contributed by atoms with Crippen LogP contribution in [0.4, 0.5) is 10.5 Å². The van der Waals surface area contributed by atoms with E-state index in [1.807, 2.05) is 19.1 Å². The van der Waals surface area contributed by atoms with E-state index in [4.69, 9.17) is 4.52 Å². The first-order chi connectivity index (χ1) is 12.0. The molecule has 2 aromatic heterocycles. The molecule has 1 saturated carbocycles. The van der Waals surface area contributed by atoms with Crippen molar-refractivity contribution in [2.24, 2.45) is 0 Å². The molecule has 0 bridgehead atoms. The van der Waals surface area contributed by atoms with Crippen molar-refractivity contribution in [3.05, 3.63) is 41.5 Å². The first-order valence-corrected chi connectivity index (χ1v) is 8.67. The van der Waals surface area contributed by atoms with Gasteiger partial charge in [0.25, 0.3) is 0 Å². The Labute approximate surface area is 146 Å². The third-order valence-electron chi connectivity index (χ3n) is 4.85. The molecule has 0 saturated heterocycles. The number of aromatic nitrogens is 2. The summed E-state index contributed by atoms with van der Waals surface area (Å²) >= 11 is 0. The highest BCUT2D eigenvalue weighted by Crippen LogP contribution is 2.36. The fourth-order valence-corrected chi connectivity index (χ4v) is 3.32. The molecule has 0 atom stereocenters. The molecule has 0 aliphatic heterocycles. The maximum atomic E-state index is 12.3. The number of amides is 2. The number of hydrogen-bond donors (Lipinski definition) is 3. The van der Waals surface area contributed by atoms with Crippen LogP contribution in [0.15, 0.2) is 29.0 Å². The van der Waals surface area contributed by atoms with E-state index in [0.29, 0.717) is 43.6 Å². The fraction of sp³-hybridized carbons (Fsp3) is 0.500. The van der Waals surface area contributed by atoms with Gasteiger partial charge in [-0.2, -0.15) is 0 Å². The van der Waals surface area contributed by atoms with E-state index in [0.717, 1.165) is 11.3 Å². The predicted octanol–water partition coefficient (Wildman–Crippen LogP) is 2.89. The topological polar surface area (TPSA) is 100 Å². The number of carbonyl (C=O) groups is 1. The van der Waals surface area contributed by atoms with Crippen LogP contribution in [0.25, 0.3) is 0 Å². The highest BCUT2D eigenvalue weighted by atomic mass is 16.5. The second-order valence-corrected chi connectivity index (χ2v) is 6.56. The lowest BCUT2D eigenvalue weighted by molar-refractivity contribution is -0.00746. The Bertz CT molecular complexity index is 721. The third-order valence-corrected chi connectivity index (χ3v) is 4.85. The van der Waals surface area contributed by atoms with Crippen molar-refractivity contribution in [1.29, 1.82) is 0 Å². The van der Waals surface area contributed by atoms with Crippen LogP contribution >= 0.6 is 0 Å². The van der Waals surface area contributed by atoms with Crippen molar-refractivity contribution < 1.29 is 14.4 Å². The summed E-state index contributed by atoms with van der Waals surface area (Å²) in [5, 5.41) is 20.6. The summed E-state index contributed by atoms with van der Waals surface area (Å²) in [7, 11) is 0. The number of nitrogens with one attached hydrogen (secondary N) is 2. The molecule has 0 aromatic carbocycles. The van der Waals surface area contributed by atoms with Gasteiger partial charge in [-0.25, -0.2) is 4.79 Å². The summed E-state index contributed by atoms with van der Waals surface area (Å²) in [4.78, 5) is 16.4. The molecule has 0 radical (unpaired) electrons. The average Bonchev–Trinajstić information content (AvgIpc) is 2.98. The van der Waals surface area contributed by atoms with Gasteiger partial charge in [0, 0.05) is 24.0 Å². The monoisotopic (exact) mass is 344 g/mol. The van der Waals surface area contributed by atoms with Crippen LogP contribution in [0.5, 0.6) is 0 Å². The maximum Gasteiger partial charge on any atom is 0.319 e. The molecule has 0 unspecified atom stereocenters. The number of anilines is 1. The minimum atomic E-state index is -0.858. The first-order valence-electron chi connectivity index (χ1n) is 8.67. The molecule has 1 aliphatic carbocycles. The maximum absolute atomic E-state index is 12.3. The van der Waals surface area contributed by atoms with Gasteiger partial charge in [-0.3, -0.25) is 4.98 Å². The fourth-order valence-electron chi connectivity index (χ4n) is 3.32. The lowest BCUT2D eigenvalue weighted by Gasteiger charge is -2.36. The molecule has 1 aliphatic rings. The third kappa shape index (κ3) is 3.82. The van der Waals surface area contributed by atoms with E-state index < -0.39 is 5.60 Å². The highest BCUT2D eigenvalue weighted by Gasteiger charge is 2.35. The Morgan fingerprint density at radius 3 is 2.84 bits per heavy atom. The van der Waals surface area contributed by atoms with Crippen LogP contribution in [-0.4, -0.2) is 27.3 Å². The zero-order valence-electron chi connectivity index (χ0n) is 14.6. The van der Waals surface area contributed by atoms with Crippen LogP contribution in [0.1, 0.15) is 49.6 Å². The van der Waals surface area contributed by atoms with Gasteiger partial charge in [0.1, 0.15) is 11.4 Å².